The summed E-state index contributed by atoms with van der Waals surface area (Å²) in [5, 5.41) is 0. The van der Waals surface area contributed by atoms with Crippen LogP contribution in [-0.4, -0.2) is 37.2 Å². The molecule has 0 spiro atoms. The molecule has 6 nitrogen and oxygen atoms in total. The molecule has 0 amide bonds. The van der Waals surface area contributed by atoms with Gasteiger partial charge in [0, 0.05) is 19.3 Å². The summed E-state index contributed by atoms with van der Waals surface area (Å²) in [6.07, 6.45) is 88.9. The first-order chi connectivity index (χ1) is 41.0. The summed E-state index contributed by atoms with van der Waals surface area (Å²) >= 11 is 0. The van der Waals surface area contributed by atoms with Crippen LogP contribution < -0.4 is 0 Å². The van der Waals surface area contributed by atoms with E-state index < -0.39 is 6.10 Å². The van der Waals surface area contributed by atoms with E-state index in [4.69, 9.17) is 14.2 Å². The van der Waals surface area contributed by atoms with Gasteiger partial charge in [0.05, 0.1) is 0 Å². The molecule has 83 heavy (non-hydrogen) atoms. The number of esters is 3. The van der Waals surface area contributed by atoms with Crippen LogP contribution in [0.2, 0.25) is 0 Å². The fraction of sp³-hybridized carbons (Fsp3) is 0.935. The van der Waals surface area contributed by atoms with Gasteiger partial charge in [-0.15, -0.1) is 0 Å². The van der Waals surface area contributed by atoms with Gasteiger partial charge in [-0.1, -0.05) is 392 Å². The van der Waals surface area contributed by atoms with Crippen molar-refractivity contribution in [1.82, 2.24) is 0 Å². The number of unbranched alkanes of at least 4 members (excludes halogenated alkanes) is 59. The Hall–Kier alpha value is -1.85. The third-order valence-electron chi connectivity index (χ3n) is 17.8. The molecule has 1 atom stereocenters. The Morgan fingerprint density at radius 1 is 0.229 bits per heavy atom. The summed E-state index contributed by atoms with van der Waals surface area (Å²) in [7, 11) is 0. The second-order valence-electron chi connectivity index (χ2n) is 26.3. The summed E-state index contributed by atoms with van der Waals surface area (Å²) in [5.41, 5.74) is 0. The first-order valence-corrected chi connectivity index (χ1v) is 38.2. The normalized spacial score (nSPS) is 12.0. The summed E-state index contributed by atoms with van der Waals surface area (Å²) in [6, 6.07) is 0. The van der Waals surface area contributed by atoms with Crippen LogP contribution in [0.3, 0.4) is 0 Å². The van der Waals surface area contributed by atoms with Gasteiger partial charge >= 0.3 is 17.9 Å². The fourth-order valence-electron chi connectivity index (χ4n) is 12.0. The topological polar surface area (TPSA) is 78.9 Å². The zero-order valence-corrected chi connectivity index (χ0v) is 56.8. The van der Waals surface area contributed by atoms with Crippen LogP contribution in [0.4, 0.5) is 0 Å². The average molecular weight is 1170 g/mol. The van der Waals surface area contributed by atoms with Gasteiger partial charge in [0.15, 0.2) is 6.10 Å². The van der Waals surface area contributed by atoms with Crippen molar-refractivity contribution in [3.8, 4) is 0 Å². The zero-order chi connectivity index (χ0) is 59.9. The van der Waals surface area contributed by atoms with E-state index in [0.29, 0.717) is 19.3 Å². The van der Waals surface area contributed by atoms with Crippen molar-refractivity contribution in [2.24, 2.45) is 0 Å². The average Bonchev–Trinajstić information content (AvgIpc) is 3.48. The first kappa shape index (κ1) is 81.2. The Kier molecular flexibility index (Phi) is 71.0. The van der Waals surface area contributed by atoms with Gasteiger partial charge in [0.25, 0.3) is 0 Å². The molecule has 0 aromatic rings. The lowest BCUT2D eigenvalue weighted by Gasteiger charge is -2.18. The summed E-state index contributed by atoms with van der Waals surface area (Å²) in [4.78, 5) is 38.2. The standard InChI is InChI=1S/C77H148O6/c1-4-7-10-13-16-18-20-22-24-26-28-30-32-34-36-37-38-39-40-42-43-45-47-49-51-53-55-57-59-61-64-67-70-76(79)82-73-74(72-81-75(78)69-66-63-15-12-9-6-3)83-77(80)71-68-65-62-60-58-56-54-52-50-48-46-44-41-35-33-31-29-27-25-23-21-19-17-14-11-8-5-2/h27,29,74H,4-26,28,30-73H2,1-3H3/b29-27-. The van der Waals surface area contributed by atoms with E-state index in [2.05, 4.69) is 32.9 Å². The summed E-state index contributed by atoms with van der Waals surface area (Å²) < 4.78 is 16.9. The lowest BCUT2D eigenvalue weighted by atomic mass is 10.0. The molecule has 0 saturated carbocycles. The Morgan fingerprint density at radius 2 is 0.398 bits per heavy atom. The highest BCUT2D eigenvalue weighted by Gasteiger charge is 2.20. The SMILES string of the molecule is CCCCCCCCCC/C=C\CCCCCCCCCCCCCCCCCC(=O)OC(COC(=O)CCCCCCCC)COC(=O)CCCCCCCCCCCCCCCCCCCCCCCCCCCCCCCCCC. The molecule has 0 bridgehead atoms. The predicted octanol–water partition coefficient (Wildman–Crippen LogP) is 26.3. The number of rotatable bonds is 72. The quantitative estimate of drug-likeness (QED) is 0.0261. The molecule has 0 aliphatic rings. The maximum Gasteiger partial charge on any atom is 0.306 e. The van der Waals surface area contributed by atoms with Gasteiger partial charge in [-0.05, 0) is 44.9 Å². The monoisotopic (exact) mass is 1170 g/mol. The molecule has 0 aromatic heterocycles. The Bertz CT molecular complexity index is 1300. The molecule has 0 radical (unpaired) electrons. The highest BCUT2D eigenvalue weighted by molar-refractivity contribution is 5.71. The largest absolute Gasteiger partial charge is 0.462 e. The molecule has 1 unspecified atom stereocenters. The minimum absolute atomic E-state index is 0.0634. The highest BCUT2D eigenvalue weighted by Crippen LogP contribution is 2.20. The molecule has 0 aliphatic heterocycles. The van der Waals surface area contributed by atoms with Crippen molar-refractivity contribution in [3.05, 3.63) is 12.2 Å². The number of carbonyl (C=O) groups is 3. The van der Waals surface area contributed by atoms with Gasteiger partial charge in [0.1, 0.15) is 13.2 Å². The van der Waals surface area contributed by atoms with Crippen LogP contribution in [-0.2, 0) is 28.6 Å². The predicted molar refractivity (Wildman–Crippen MR) is 363 cm³/mol. The van der Waals surface area contributed by atoms with E-state index in [1.54, 1.807) is 0 Å². The molecule has 0 aromatic carbocycles. The molecule has 6 heteroatoms. The van der Waals surface area contributed by atoms with Crippen LogP contribution in [0.15, 0.2) is 12.2 Å². The number of ether oxygens (including phenoxy) is 3. The summed E-state index contributed by atoms with van der Waals surface area (Å²) in [6.45, 7) is 6.67. The molecule has 492 valence electrons. The minimum atomic E-state index is -0.764. The van der Waals surface area contributed by atoms with Crippen molar-refractivity contribution < 1.29 is 28.6 Å². The number of allylic oxidation sites excluding steroid dienone is 2. The van der Waals surface area contributed by atoms with Crippen molar-refractivity contribution in [2.75, 3.05) is 13.2 Å². The molecule has 0 fully saturated rings. The van der Waals surface area contributed by atoms with E-state index in [-0.39, 0.29) is 31.1 Å². The van der Waals surface area contributed by atoms with Crippen molar-refractivity contribution in [1.29, 1.82) is 0 Å². The maximum atomic E-state index is 12.9. The molecular formula is C77H148O6. The second kappa shape index (κ2) is 72.6. The van der Waals surface area contributed by atoms with Crippen molar-refractivity contribution in [2.45, 2.75) is 451 Å². The molecule has 0 aliphatic carbocycles. The molecule has 0 saturated heterocycles. The lowest BCUT2D eigenvalue weighted by molar-refractivity contribution is -0.167. The third kappa shape index (κ3) is 70.8. The Morgan fingerprint density at radius 3 is 0.602 bits per heavy atom. The molecular weight excluding hydrogens is 1020 g/mol. The van der Waals surface area contributed by atoms with E-state index in [1.165, 1.54) is 347 Å². The Balaban J connectivity index is 3.90. The first-order valence-electron chi connectivity index (χ1n) is 38.2. The van der Waals surface area contributed by atoms with E-state index in [9.17, 15) is 14.4 Å². The van der Waals surface area contributed by atoms with E-state index >= 15 is 0 Å². The van der Waals surface area contributed by atoms with Gasteiger partial charge in [0.2, 0.25) is 0 Å². The van der Waals surface area contributed by atoms with Gasteiger partial charge < -0.3 is 14.2 Å². The number of hydrogen-bond acceptors (Lipinski definition) is 6. The van der Waals surface area contributed by atoms with Crippen LogP contribution in [0.1, 0.15) is 445 Å². The number of hydrogen-bond donors (Lipinski definition) is 0. The molecule has 0 N–H and O–H groups in total. The highest BCUT2D eigenvalue weighted by atomic mass is 16.6. The van der Waals surface area contributed by atoms with Crippen LogP contribution >= 0.6 is 0 Å². The van der Waals surface area contributed by atoms with Gasteiger partial charge in [-0.2, -0.15) is 0 Å². The van der Waals surface area contributed by atoms with E-state index in [0.717, 1.165) is 57.8 Å². The Labute approximate surface area is 520 Å². The third-order valence-corrected chi connectivity index (χ3v) is 17.8. The molecule has 0 rings (SSSR count). The number of carbonyl (C=O) groups excluding carboxylic acids is 3. The van der Waals surface area contributed by atoms with Gasteiger partial charge in [-0.3, -0.25) is 14.4 Å². The second-order valence-corrected chi connectivity index (χ2v) is 26.3. The molecule has 0 heterocycles. The minimum Gasteiger partial charge on any atom is -0.462 e. The smallest absolute Gasteiger partial charge is 0.306 e. The van der Waals surface area contributed by atoms with Crippen LogP contribution in [0.25, 0.3) is 0 Å². The van der Waals surface area contributed by atoms with Crippen LogP contribution in [0.5, 0.6) is 0 Å². The van der Waals surface area contributed by atoms with Crippen molar-refractivity contribution in [3.63, 3.8) is 0 Å². The van der Waals surface area contributed by atoms with Crippen LogP contribution in [0, 0.1) is 0 Å². The fourth-order valence-corrected chi connectivity index (χ4v) is 12.0. The lowest BCUT2D eigenvalue weighted by Crippen LogP contribution is -2.30. The van der Waals surface area contributed by atoms with Crippen molar-refractivity contribution >= 4 is 17.9 Å². The van der Waals surface area contributed by atoms with E-state index in [1.807, 2.05) is 0 Å². The zero-order valence-electron chi connectivity index (χ0n) is 56.8. The summed E-state index contributed by atoms with van der Waals surface area (Å²) in [5.74, 6) is -0.840. The van der Waals surface area contributed by atoms with Gasteiger partial charge in [-0.25, -0.2) is 0 Å². The maximum absolute atomic E-state index is 12.9.